The molecule has 2 amide bonds. The molecule has 0 saturated carbocycles. The van der Waals surface area contributed by atoms with E-state index in [2.05, 4.69) is 15.0 Å². The van der Waals surface area contributed by atoms with Crippen LogP contribution < -0.4 is 25.3 Å². The summed E-state index contributed by atoms with van der Waals surface area (Å²) in [6.45, 7) is 0. The molecule has 2 aromatic carbocycles. The lowest BCUT2D eigenvalue weighted by atomic mass is 9.52. The Hall–Kier alpha value is -4.08. The zero-order valence-electron chi connectivity index (χ0n) is 19.9. The number of alkyl halides is 5. The van der Waals surface area contributed by atoms with E-state index >= 15 is 4.39 Å². The summed E-state index contributed by atoms with van der Waals surface area (Å²) in [5.41, 5.74) is 1.89. The number of nitrogens with zero attached hydrogens (tertiary/aromatic N) is 1. The van der Waals surface area contributed by atoms with Gasteiger partial charge in [0, 0.05) is 18.0 Å². The van der Waals surface area contributed by atoms with Gasteiger partial charge in [0.2, 0.25) is 5.82 Å². The third-order valence-corrected chi connectivity index (χ3v) is 5.00. The summed E-state index contributed by atoms with van der Waals surface area (Å²) < 4.78 is 109. The normalized spacial score (nSPS) is 11.7. The molecule has 208 valence electrons. The van der Waals surface area contributed by atoms with Crippen molar-refractivity contribution in [3.05, 3.63) is 70.0 Å². The van der Waals surface area contributed by atoms with Crippen LogP contribution in [0.5, 0.6) is 23.0 Å². The van der Waals surface area contributed by atoms with Crippen LogP contribution in [0.1, 0.15) is 32.8 Å². The summed E-state index contributed by atoms with van der Waals surface area (Å²) in [5, 5.41) is -1.60. The first-order valence-corrected chi connectivity index (χ1v) is 10.9. The van der Waals surface area contributed by atoms with Gasteiger partial charge >= 0.3 is 6.36 Å². The van der Waals surface area contributed by atoms with E-state index in [4.69, 9.17) is 50.3 Å². The SMILES string of the molecule is [B]C([B])([B])Oc1c(Oc2cc(Cl)c(C(F)F)c(F)c2C(=O)Nc2ccnc(C(N)=O)c2)ccc(OC(F)(F)F)c1F. The maximum absolute atomic E-state index is 15.3. The molecular formula is C22H10B3ClF7N3O5. The van der Waals surface area contributed by atoms with Gasteiger partial charge in [-0.3, -0.25) is 14.6 Å². The molecule has 0 unspecified atom stereocenters. The fraction of sp³-hybridized carbons (Fsp3) is 0.136. The first-order valence-electron chi connectivity index (χ1n) is 10.6. The molecule has 3 rings (SSSR count). The molecule has 1 heterocycles. The number of carbonyl (C=O) groups is 2. The Morgan fingerprint density at radius 2 is 1.61 bits per heavy atom. The monoisotopic (exact) mass is 597 g/mol. The minimum absolute atomic E-state index is 0.208. The van der Waals surface area contributed by atoms with E-state index in [1.165, 1.54) is 0 Å². The first-order chi connectivity index (χ1) is 18.9. The molecule has 19 heteroatoms. The van der Waals surface area contributed by atoms with Crippen molar-refractivity contribution in [2.75, 3.05) is 5.32 Å². The Kier molecular flexibility index (Phi) is 9.06. The second-order valence-electron chi connectivity index (χ2n) is 7.82. The van der Waals surface area contributed by atoms with Crippen molar-refractivity contribution in [2.45, 2.75) is 18.1 Å². The zero-order chi connectivity index (χ0) is 30.9. The van der Waals surface area contributed by atoms with Crippen LogP contribution in [0, 0.1) is 11.6 Å². The Bertz CT molecular complexity index is 1510. The Balaban J connectivity index is 2.17. The number of amides is 2. The van der Waals surface area contributed by atoms with Crippen LogP contribution in [-0.2, 0) is 0 Å². The molecule has 0 saturated heterocycles. The first kappa shape index (κ1) is 31.5. The number of ether oxygens (including phenoxy) is 3. The van der Waals surface area contributed by atoms with Crippen LogP contribution in [0.15, 0.2) is 36.5 Å². The van der Waals surface area contributed by atoms with Gasteiger partial charge < -0.3 is 25.3 Å². The predicted molar refractivity (Wildman–Crippen MR) is 131 cm³/mol. The van der Waals surface area contributed by atoms with Crippen molar-refractivity contribution in [1.82, 2.24) is 4.98 Å². The average Bonchev–Trinajstić information content (AvgIpc) is 2.81. The number of hydrogen-bond donors (Lipinski definition) is 2. The molecule has 0 fully saturated rings. The van der Waals surface area contributed by atoms with Gasteiger partial charge in [0.05, 0.1) is 10.6 Å². The molecule has 0 aliphatic heterocycles. The molecule has 0 spiro atoms. The highest BCUT2D eigenvalue weighted by Gasteiger charge is 2.35. The Labute approximate surface area is 234 Å². The lowest BCUT2D eigenvalue weighted by molar-refractivity contribution is -0.275. The summed E-state index contributed by atoms with van der Waals surface area (Å²) >= 11 is 5.76. The van der Waals surface area contributed by atoms with E-state index < -0.39 is 80.7 Å². The molecule has 8 nitrogen and oxygen atoms in total. The second kappa shape index (κ2) is 11.8. The fourth-order valence-corrected chi connectivity index (χ4v) is 3.40. The summed E-state index contributed by atoms with van der Waals surface area (Å²) in [6.07, 6.45) is -7.89. The van der Waals surface area contributed by atoms with Gasteiger partial charge in [-0.25, -0.2) is 13.2 Å². The smallest absolute Gasteiger partial charge is 0.510 e. The van der Waals surface area contributed by atoms with Crippen molar-refractivity contribution in [3.8, 4) is 23.0 Å². The van der Waals surface area contributed by atoms with Gasteiger partial charge in [-0.15, -0.1) is 13.2 Å². The van der Waals surface area contributed by atoms with Crippen molar-refractivity contribution in [2.24, 2.45) is 5.73 Å². The molecule has 6 radical (unpaired) electrons. The third kappa shape index (κ3) is 7.77. The van der Waals surface area contributed by atoms with Crippen LogP contribution in [0.25, 0.3) is 0 Å². The summed E-state index contributed by atoms with van der Waals surface area (Å²) in [5.74, 6) is -11.0. The van der Waals surface area contributed by atoms with E-state index in [0.29, 0.717) is 18.2 Å². The van der Waals surface area contributed by atoms with E-state index in [0.717, 1.165) is 18.3 Å². The second-order valence-corrected chi connectivity index (χ2v) is 8.23. The van der Waals surface area contributed by atoms with E-state index in [1.807, 2.05) is 0 Å². The largest absolute Gasteiger partial charge is 0.573 e. The van der Waals surface area contributed by atoms with Crippen LogP contribution in [0.2, 0.25) is 5.02 Å². The van der Waals surface area contributed by atoms with Crippen molar-refractivity contribution in [1.29, 1.82) is 0 Å². The summed E-state index contributed by atoms with van der Waals surface area (Å²) in [4.78, 5) is 28.0. The topological polar surface area (TPSA) is 113 Å². The molecule has 41 heavy (non-hydrogen) atoms. The Morgan fingerprint density at radius 3 is 2.17 bits per heavy atom. The number of halogens is 8. The number of nitrogens with one attached hydrogen (secondary N) is 1. The van der Waals surface area contributed by atoms with Gasteiger partial charge in [0.1, 0.15) is 46.4 Å². The predicted octanol–water partition coefficient (Wildman–Crippen LogP) is 4.49. The number of carbonyl (C=O) groups excluding carboxylic acids is 2. The summed E-state index contributed by atoms with van der Waals surface area (Å²) in [7, 11) is 15.8. The van der Waals surface area contributed by atoms with E-state index in [1.54, 1.807) is 0 Å². The van der Waals surface area contributed by atoms with Crippen LogP contribution in [-0.4, -0.2) is 52.0 Å². The number of rotatable bonds is 9. The van der Waals surface area contributed by atoms with E-state index in [9.17, 15) is 35.9 Å². The standard InChI is InChI=1S/C22H10B3ClF7N3O5/c23-21(24,25)41-17-11(2-1-10(15(17)27)40-22(31,32)33)39-12-6-8(26)13(18(29)30)16(28)14(12)20(38)36-7-3-4-35-9(5-7)19(34)37/h1-6,18H,(H2,34,37)(H,35,36,38). The van der Waals surface area contributed by atoms with E-state index in [-0.39, 0.29) is 11.4 Å². The van der Waals surface area contributed by atoms with Crippen LogP contribution >= 0.6 is 11.6 Å². The third-order valence-electron chi connectivity index (χ3n) is 4.68. The highest BCUT2D eigenvalue weighted by Crippen LogP contribution is 2.44. The number of hydrogen-bond acceptors (Lipinski definition) is 6. The minimum Gasteiger partial charge on any atom is -0.510 e. The molecule has 3 N–H and O–H groups in total. The number of primary amides is 1. The quantitative estimate of drug-likeness (QED) is 0.278. The van der Waals surface area contributed by atoms with Gasteiger partial charge in [-0.2, -0.15) is 4.39 Å². The van der Waals surface area contributed by atoms with Gasteiger partial charge in [-0.1, -0.05) is 11.6 Å². The number of pyridine rings is 1. The molecule has 0 atom stereocenters. The molecular weight excluding hydrogens is 587 g/mol. The molecule has 3 aromatic rings. The minimum atomic E-state index is -5.37. The van der Waals surface area contributed by atoms with Crippen molar-refractivity contribution >= 4 is 52.6 Å². The molecule has 0 aliphatic rings. The number of nitrogens with two attached hydrogens (primary N) is 1. The molecule has 0 bridgehead atoms. The average molecular weight is 597 g/mol. The number of anilines is 1. The van der Waals surface area contributed by atoms with Crippen LogP contribution in [0.3, 0.4) is 0 Å². The Morgan fingerprint density at radius 1 is 0.976 bits per heavy atom. The highest BCUT2D eigenvalue weighted by atomic mass is 35.5. The maximum Gasteiger partial charge on any atom is 0.573 e. The number of benzene rings is 2. The molecule has 1 aromatic heterocycles. The van der Waals surface area contributed by atoms with Gasteiger partial charge in [-0.05, 0) is 29.6 Å². The fourth-order valence-electron chi connectivity index (χ4n) is 3.14. The van der Waals surface area contributed by atoms with Crippen LogP contribution in [0.4, 0.5) is 36.4 Å². The summed E-state index contributed by atoms with van der Waals surface area (Å²) in [6, 6.07) is 3.60. The van der Waals surface area contributed by atoms with Gasteiger partial charge in [0.15, 0.2) is 17.2 Å². The lowest BCUT2D eigenvalue weighted by Crippen LogP contribution is -2.38. The zero-order valence-corrected chi connectivity index (χ0v) is 20.6. The highest BCUT2D eigenvalue weighted by molar-refractivity contribution is 6.58. The molecule has 0 aliphatic carbocycles. The van der Waals surface area contributed by atoms with Crippen molar-refractivity contribution in [3.63, 3.8) is 0 Å². The van der Waals surface area contributed by atoms with Crippen molar-refractivity contribution < 1.29 is 54.5 Å². The lowest BCUT2D eigenvalue weighted by Gasteiger charge is -2.26. The number of aromatic nitrogens is 1. The maximum atomic E-state index is 15.3. The van der Waals surface area contributed by atoms with Gasteiger partial charge in [0.25, 0.3) is 18.2 Å².